The quantitative estimate of drug-likeness (QED) is 0.830. The number of carbonyl (C=O) groups is 1. The summed E-state index contributed by atoms with van der Waals surface area (Å²) in [6.45, 7) is 3.92. The van der Waals surface area contributed by atoms with E-state index in [2.05, 4.69) is 4.98 Å². The van der Waals surface area contributed by atoms with Crippen LogP contribution in [0.3, 0.4) is 0 Å². The van der Waals surface area contributed by atoms with Crippen molar-refractivity contribution in [1.29, 1.82) is 0 Å². The molecule has 1 aromatic heterocycles. The molecule has 106 valence electrons. The zero-order chi connectivity index (χ0) is 13.7. The van der Waals surface area contributed by atoms with Crippen LogP contribution < -0.4 is 4.90 Å². The van der Waals surface area contributed by atoms with Crippen molar-refractivity contribution in [2.45, 2.75) is 32.3 Å². The van der Waals surface area contributed by atoms with Gasteiger partial charge in [0.1, 0.15) is 0 Å². The van der Waals surface area contributed by atoms with Gasteiger partial charge in [-0.3, -0.25) is 9.69 Å². The Morgan fingerprint density at radius 3 is 2.95 bits per heavy atom. The van der Waals surface area contributed by atoms with Gasteiger partial charge < -0.3 is 9.47 Å². The van der Waals surface area contributed by atoms with E-state index in [1.165, 1.54) is 11.3 Å². The number of rotatable bonds is 5. The minimum absolute atomic E-state index is 0.0430. The lowest BCUT2D eigenvalue weighted by Gasteiger charge is -2.22. The van der Waals surface area contributed by atoms with Gasteiger partial charge in [-0.2, -0.15) is 0 Å². The monoisotopic (exact) mass is 284 g/mol. The Morgan fingerprint density at radius 1 is 1.58 bits per heavy atom. The summed E-state index contributed by atoms with van der Waals surface area (Å²) in [5.74, 6) is 0.0430. The highest BCUT2D eigenvalue weighted by atomic mass is 32.1. The smallest absolute Gasteiger partial charge is 0.230 e. The third-order valence-electron chi connectivity index (χ3n) is 3.11. The van der Waals surface area contributed by atoms with E-state index in [0.29, 0.717) is 13.0 Å². The number of thiazole rings is 1. The zero-order valence-electron chi connectivity index (χ0n) is 11.4. The number of hydrogen-bond donors (Lipinski definition) is 0. The fraction of sp³-hybridized carbons (Fsp3) is 0.692. The third kappa shape index (κ3) is 4.26. The number of ether oxygens (including phenoxy) is 2. The number of aromatic nitrogens is 1. The minimum atomic E-state index is 0.0430. The summed E-state index contributed by atoms with van der Waals surface area (Å²) in [5.41, 5.74) is 0.943. The van der Waals surface area contributed by atoms with Gasteiger partial charge in [-0.15, -0.1) is 11.3 Å². The number of anilines is 1. The molecule has 2 heterocycles. The van der Waals surface area contributed by atoms with Gasteiger partial charge in [0.25, 0.3) is 0 Å². The van der Waals surface area contributed by atoms with E-state index in [-0.39, 0.29) is 12.0 Å². The van der Waals surface area contributed by atoms with Crippen molar-refractivity contribution in [2.75, 3.05) is 31.8 Å². The van der Waals surface area contributed by atoms with Gasteiger partial charge in [0.05, 0.1) is 24.8 Å². The molecule has 6 heteroatoms. The van der Waals surface area contributed by atoms with Gasteiger partial charge in [-0.05, 0) is 19.8 Å². The second-order valence-electron chi connectivity index (χ2n) is 4.66. The normalized spacial score (nSPS) is 16.5. The molecule has 19 heavy (non-hydrogen) atoms. The van der Waals surface area contributed by atoms with Gasteiger partial charge in [0.15, 0.2) is 5.13 Å². The van der Waals surface area contributed by atoms with Crippen LogP contribution in [0.4, 0.5) is 5.13 Å². The van der Waals surface area contributed by atoms with Crippen molar-refractivity contribution < 1.29 is 14.3 Å². The molecule has 1 aliphatic rings. The van der Waals surface area contributed by atoms with E-state index in [1.807, 2.05) is 12.3 Å². The summed E-state index contributed by atoms with van der Waals surface area (Å²) in [6.07, 6.45) is 2.49. The Kier molecular flexibility index (Phi) is 5.30. The van der Waals surface area contributed by atoms with Crippen molar-refractivity contribution >= 4 is 22.4 Å². The number of carbonyl (C=O) groups excluding carboxylic acids is 1. The van der Waals surface area contributed by atoms with Crippen LogP contribution in [0, 0.1) is 6.92 Å². The molecule has 0 radical (unpaired) electrons. The van der Waals surface area contributed by atoms with Crippen LogP contribution in [0.5, 0.6) is 0 Å². The summed E-state index contributed by atoms with van der Waals surface area (Å²) in [7, 11) is 1.76. The Labute approximate surface area is 117 Å². The maximum Gasteiger partial charge on any atom is 0.230 e. The van der Waals surface area contributed by atoms with E-state index in [0.717, 1.165) is 36.9 Å². The Hall–Kier alpha value is -0.980. The molecule has 5 nitrogen and oxygen atoms in total. The average Bonchev–Trinajstić information content (AvgIpc) is 2.85. The molecule has 0 unspecified atom stereocenters. The fourth-order valence-electron chi connectivity index (χ4n) is 1.93. The molecule has 2 rings (SSSR count). The number of amides is 1. The topological polar surface area (TPSA) is 51.7 Å². The van der Waals surface area contributed by atoms with Crippen LogP contribution in [0.2, 0.25) is 0 Å². The predicted octanol–water partition coefficient (Wildman–Crippen LogP) is 2.00. The van der Waals surface area contributed by atoms with Gasteiger partial charge in [-0.25, -0.2) is 4.98 Å². The first-order valence-corrected chi connectivity index (χ1v) is 7.43. The first kappa shape index (κ1) is 14.4. The molecule has 0 N–H and O–H groups in total. The van der Waals surface area contributed by atoms with Crippen LogP contribution in [0.15, 0.2) is 5.38 Å². The first-order valence-electron chi connectivity index (χ1n) is 6.55. The van der Waals surface area contributed by atoms with Crippen molar-refractivity contribution in [1.82, 2.24) is 4.98 Å². The van der Waals surface area contributed by atoms with Gasteiger partial charge in [0.2, 0.25) is 5.91 Å². The SMILES string of the molecule is Cc1csc(N(C)C(=O)CCOC2CCOCC2)n1. The molecule has 0 spiro atoms. The van der Waals surface area contributed by atoms with E-state index in [1.54, 1.807) is 11.9 Å². The number of hydrogen-bond acceptors (Lipinski definition) is 5. The van der Waals surface area contributed by atoms with E-state index in [9.17, 15) is 4.79 Å². The van der Waals surface area contributed by atoms with E-state index >= 15 is 0 Å². The molecule has 0 saturated carbocycles. The number of nitrogens with zero attached hydrogens (tertiary/aromatic N) is 2. The lowest BCUT2D eigenvalue weighted by atomic mass is 10.1. The second kappa shape index (κ2) is 6.98. The van der Waals surface area contributed by atoms with Crippen molar-refractivity contribution in [2.24, 2.45) is 0 Å². The molecule has 1 aromatic rings. The van der Waals surface area contributed by atoms with Crippen LogP contribution in [0.1, 0.15) is 25.0 Å². The number of aryl methyl sites for hydroxylation is 1. The largest absolute Gasteiger partial charge is 0.381 e. The average molecular weight is 284 g/mol. The van der Waals surface area contributed by atoms with Crippen LogP contribution >= 0.6 is 11.3 Å². The van der Waals surface area contributed by atoms with Crippen LogP contribution in [0.25, 0.3) is 0 Å². The third-order valence-corrected chi connectivity index (χ3v) is 4.14. The van der Waals surface area contributed by atoms with E-state index < -0.39 is 0 Å². The molecular formula is C13H20N2O3S. The maximum atomic E-state index is 12.0. The van der Waals surface area contributed by atoms with E-state index in [4.69, 9.17) is 9.47 Å². The summed E-state index contributed by atoms with van der Waals surface area (Å²) >= 11 is 1.48. The van der Waals surface area contributed by atoms with Gasteiger partial charge in [-0.1, -0.05) is 0 Å². The van der Waals surface area contributed by atoms with Crippen LogP contribution in [-0.4, -0.2) is 43.9 Å². The second-order valence-corrected chi connectivity index (χ2v) is 5.49. The minimum Gasteiger partial charge on any atom is -0.381 e. The molecule has 1 amide bonds. The van der Waals surface area contributed by atoms with Gasteiger partial charge >= 0.3 is 0 Å². The molecule has 1 aliphatic heterocycles. The zero-order valence-corrected chi connectivity index (χ0v) is 12.2. The standard InChI is InChI=1S/C13H20N2O3S/c1-10-9-19-13(14-10)15(2)12(16)5-8-18-11-3-6-17-7-4-11/h9,11H,3-8H2,1-2H3. The van der Waals surface area contributed by atoms with Crippen molar-refractivity contribution in [3.63, 3.8) is 0 Å². The lowest BCUT2D eigenvalue weighted by molar-refractivity contribution is -0.120. The fourth-order valence-corrected chi connectivity index (χ4v) is 2.71. The first-order chi connectivity index (χ1) is 9.16. The molecule has 0 aromatic carbocycles. The summed E-state index contributed by atoms with van der Waals surface area (Å²) < 4.78 is 11.0. The molecule has 0 atom stereocenters. The highest BCUT2D eigenvalue weighted by molar-refractivity contribution is 7.14. The van der Waals surface area contributed by atoms with Crippen molar-refractivity contribution in [3.8, 4) is 0 Å². The Morgan fingerprint density at radius 2 is 2.32 bits per heavy atom. The highest BCUT2D eigenvalue weighted by Gasteiger charge is 2.17. The van der Waals surface area contributed by atoms with Gasteiger partial charge in [0, 0.05) is 25.6 Å². The molecule has 1 saturated heterocycles. The molecule has 0 bridgehead atoms. The molecular weight excluding hydrogens is 264 g/mol. The molecule has 0 aliphatic carbocycles. The highest BCUT2D eigenvalue weighted by Crippen LogP contribution is 2.19. The summed E-state index contributed by atoms with van der Waals surface area (Å²) in [4.78, 5) is 17.9. The van der Waals surface area contributed by atoms with Crippen molar-refractivity contribution in [3.05, 3.63) is 11.1 Å². The summed E-state index contributed by atoms with van der Waals surface area (Å²) in [6, 6.07) is 0. The Balaban J connectivity index is 1.71. The maximum absolute atomic E-state index is 12.0. The lowest BCUT2D eigenvalue weighted by Crippen LogP contribution is -2.29. The summed E-state index contributed by atoms with van der Waals surface area (Å²) in [5, 5.41) is 2.69. The molecule has 1 fully saturated rings. The Bertz CT molecular complexity index is 416. The predicted molar refractivity (Wildman–Crippen MR) is 74.7 cm³/mol. The van der Waals surface area contributed by atoms with Crippen LogP contribution in [-0.2, 0) is 14.3 Å².